The van der Waals surface area contributed by atoms with Crippen LogP contribution in [-0.2, 0) is 6.42 Å². The van der Waals surface area contributed by atoms with E-state index >= 15 is 0 Å². The fourth-order valence-electron chi connectivity index (χ4n) is 1.11. The summed E-state index contributed by atoms with van der Waals surface area (Å²) in [6.07, 6.45) is -4.83. The molecule has 0 saturated heterocycles. The lowest BCUT2D eigenvalue weighted by molar-refractivity contribution is -0.274. The minimum atomic E-state index is -4.72. The van der Waals surface area contributed by atoms with Gasteiger partial charge in [0.2, 0.25) is 0 Å². The first-order valence-corrected chi connectivity index (χ1v) is 4.14. The summed E-state index contributed by atoms with van der Waals surface area (Å²) in [6.45, 7) is 1.65. The van der Waals surface area contributed by atoms with Gasteiger partial charge in [-0.15, -0.1) is 13.2 Å². The van der Waals surface area contributed by atoms with Gasteiger partial charge in [-0.2, -0.15) is 5.26 Å². The van der Waals surface area contributed by atoms with Crippen LogP contribution in [0.5, 0.6) is 5.75 Å². The van der Waals surface area contributed by atoms with E-state index in [4.69, 9.17) is 5.26 Å². The molecule has 0 aliphatic carbocycles. The summed E-state index contributed by atoms with van der Waals surface area (Å²) in [5, 5.41) is 8.42. The van der Waals surface area contributed by atoms with Gasteiger partial charge in [-0.1, -0.05) is 12.1 Å². The van der Waals surface area contributed by atoms with Crippen LogP contribution in [0.15, 0.2) is 18.2 Å². The van der Waals surface area contributed by atoms with E-state index in [0.29, 0.717) is 5.56 Å². The first-order valence-electron chi connectivity index (χ1n) is 4.14. The SMILES string of the molecule is Cc1ccc(CC#N)c(OC(F)(F)F)c1. The fourth-order valence-corrected chi connectivity index (χ4v) is 1.11. The van der Waals surface area contributed by atoms with Crippen molar-refractivity contribution < 1.29 is 17.9 Å². The minimum absolute atomic E-state index is 0.105. The van der Waals surface area contributed by atoms with Crippen LogP contribution in [0.1, 0.15) is 11.1 Å². The first-order chi connectivity index (χ1) is 6.92. The minimum Gasteiger partial charge on any atom is -0.405 e. The van der Waals surface area contributed by atoms with Crippen molar-refractivity contribution in [2.45, 2.75) is 19.7 Å². The molecule has 15 heavy (non-hydrogen) atoms. The van der Waals surface area contributed by atoms with Crippen LogP contribution in [0.4, 0.5) is 13.2 Å². The van der Waals surface area contributed by atoms with E-state index in [1.54, 1.807) is 19.1 Å². The molecule has 1 aromatic rings. The normalized spacial score (nSPS) is 10.9. The van der Waals surface area contributed by atoms with E-state index in [2.05, 4.69) is 4.74 Å². The van der Waals surface area contributed by atoms with Crippen LogP contribution in [0.2, 0.25) is 0 Å². The van der Waals surface area contributed by atoms with Crippen molar-refractivity contribution in [2.75, 3.05) is 0 Å². The lowest BCUT2D eigenvalue weighted by Gasteiger charge is -2.12. The molecule has 0 radical (unpaired) electrons. The topological polar surface area (TPSA) is 33.0 Å². The molecule has 0 aromatic heterocycles. The Morgan fingerprint density at radius 2 is 2.07 bits per heavy atom. The molecule has 0 fully saturated rings. The summed E-state index contributed by atoms with van der Waals surface area (Å²) in [6, 6.07) is 6.14. The third-order valence-electron chi connectivity index (χ3n) is 1.72. The van der Waals surface area contributed by atoms with Crippen molar-refractivity contribution in [1.82, 2.24) is 0 Å². The maximum atomic E-state index is 12.0. The zero-order valence-electron chi connectivity index (χ0n) is 7.93. The second-order valence-electron chi connectivity index (χ2n) is 2.99. The molecule has 0 heterocycles. The number of aryl methyl sites for hydroxylation is 1. The predicted molar refractivity (Wildman–Crippen MR) is 47.2 cm³/mol. The van der Waals surface area contributed by atoms with Crippen molar-refractivity contribution >= 4 is 0 Å². The Bertz CT molecular complexity index is 393. The van der Waals surface area contributed by atoms with E-state index in [1.165, 1.54) is 12.1 Å². The highest BCUT2D eigenvalue weighted by atomic mass is 19.4. The third kappa shape index (κ3) is 3.50. The van der Waals surface area contributed by atoms with Gasteiger partial charge in [-0.05, 0) is 18.6 Å². The molecule has 0 unspecified atom stereocenters. The maximum Gasteiger partial charge on any atom is 0.573 e. The van der Waals surface area contributed by atoms with Crippen molar-refractivity contribution in [3.63, 3.8) is 0 Å². The molecule has 0 bridgehead atoms. The van der Waals surface area contributed by atoms with Crippen LogP contribution in [0.25, 0.3) is 0 Å². The van der Waals surface area contributed by atoms with E-state index in [-0.39, 0.29) is 17.7 Å². The number of hydrogen-bond donors (Lipinski definition) is 0. The summed E-state index contributed by atoms with van der Waals surface area (Å²) in [5.41, 5.74) is 0.886. The van der Waals surface area contributed by atoms with Crippen LogP contribution < -0.4 is 4.74 Å². The molecule has 0 amide bonds. The van der Waals surface area contributed by atoms with Gasteiger partial charge in [0.25, 0.3) is 0 Å². The van der Waals surface area contributed by atoms with Gasteiger partial charge >= 0.3 is 6.36 Å². The molecule has 1 rings (SSSR count). The summed E-state index contributed by atoms with van der Waals surface area (Å²) < 4.78 is 39.8. The maximum absolute atomic E-state index is 12.0. The average Bonchev–Trinajstić information content (AvgIpc) is 2.07. The monoisotopic (exact) mass is 215 g/mol. The Morgan fingerprint density at radius 1 is 1.40 bits per heavy atom. The van der Waals surface area contributed by atoms with Gasteiger partial charge in [-0.25, -0.2) is 0 Å². The van der Waals surface area contributed by atoms with Gasteiger partial charge < -0.3 is 4.74 Å². The molecule has 0 N–H and O–H groups in total. The highest BCUT2D eigenvalue weighted by molar-refractivity contribution is 5.38. The zero-order valence-corrected chi connectivity index (χ0v) is 7.93. The molecule has 1 aromatic carbocycles. The smallest absolute Gasteiger partial charge is 0.405 e. The number of alkyl halides is 3. The number of nitriles is 1. The average molecular weight is 215 g/mol. The predicted octanol–water partition coefficient (Wildman–Crippen LogP) is 2.96. The summed E-state index contributed by atoms with van der Waals surface area (Å²) in [4.78, 5) is 0. The quantitative estimate of drug-likeness (QED) is 0.759. The molecule has 0 saturated carbocycles. The largest absolute Gasteiger partial charge is 0.573 e. The van der Waals surface area contributed by atoms with Crippen molar-refractivity contribution in [1.29, 1.82) is 5.26 Å². The van der Waals surface area contributed by atoms with Gasteiger partial charge in [0.15, 0.2) is 0 Å². The number of nitrogens with zero attached hydrogens (tertiary/aromatic N) is 1. The van der Waals surface area contributed by atoms with Crippen molar-refractivity contribution in [3.05, 3.63) is 29.3 Å². The molecule has 0 aliphatic heterocycles. The molecular weight excluding hydrogens is 207 g/mol. The van der Waals surface area contributed by atoms with Gasteiger partial charge in [0, 0.05) is 5.56 Å². The molecule has 5 heteroatoms. The van der Waals surface area contributed by atoms with Crippen LogP contribution in [0.3, 0.4) is 0 Å². The van der Waals surface area contributed by atoms with Crippen LogP contribution in [0, 0.1) is 18.3 Å². The molecule has 0 atom stereocenters. The zero-order chi connectivity index (χ0) is 11.5. The molecule has 80 valence electrons. The van der Waals surface area contributed by atoms with E-state index < -0.39 is 6.36 Å². The van der Waals surface area contributed by atoms with Gasteiger partial charge in [-0.3, -0.25) is 0 Å². The van der Waals surface area contributed by atoms with Crippen molar-refractivity contribution in [3.8, 4) is 11.8 Å². The van der Waals surface area contributed by atoms with Gasteiger partial charge in [0.05, 0.1) is 12.5 Å². The van der Waals surface area contributed by atoms with Gasteiger partial charge in [0.1, 0.15) is 5.75 Å². The number of hydrogen-bond acceptors (Lipinski definition) is 2. The summed E-state index contributed by atoms with van der Waals surface area (Å²) >= 11 is 0. The van der Waals surface area contributed by atoms with E-state index in [1.807, 2.05) is 0 Å². The van der Waals surface area contributed by atoms with E-state index in [9.17, 15) is 13.2 Å². The highest BCUT2D eigenvalue weighted by Gasteiger charge is 2.32. The second kappa shape index (κ2) is 4.22. The van der Waals surface area contributed by atoms with Crippen molar-refractivity contribution in [2.24, 2.45) is 0 Å². The summed E-state index contributed by atoms with van der Waals surface area (Å²) in [5.74, 6) is -0.302. The molecule has 0 aliphatic rings. The number of ether oxygens (including phenoxy) is 1. The third-order valence-corrected chi connectivity index (χ3v) is 1.72. The Morgan fingerprint density at radius 3 is 2.60 bits per heavy atom. The second-order valence-corrected chi connectivity index (χ2v) is 2.99. The molecule has 0 spiro atoms. The highest BCUT2D eigenvalue weighted by Crippen LogP contribution is 2.27. The Kier molecular flexibility index (Phi) is 3.20. The van der Waals surface area contributed by atoms with Crippen LogP contribution >= 0.6 is 0 Å². The Labute approximate surface area is 84.9 Å². The summed E-state index contributed by atoms with van der Waals surface area (Å²) in [7, 11) is 0. The molecule has 2 nitrogen and oxygen atoms in total. The molecular formula is C10H8F3NO. The lowest BCUT2D eigenvalue weighted by Crippen LogP contribution is -2.18. The number of rotatable bonds is 2. The first kappa shape index (κ1) is 11.4. The number of benzene rings is 1. The fraction of sp³-hybridized carbons (Fsp3) is 0.300. The number of halogens is 3. The Balaban J connectivity index is 3.03. The van der Waals surface area contributed by atoms with Crippen LogP contribution in [-0.4, -0.2) is 6.36 Å². The van der Waals surface area contributed by atoms with E-state index in [0.717, 1.165) is 0 Å². The Hall–Kier alpha value is -1.70. The lowest BCUT2D eigenvalue weighted by atomic mass is 10.1. The standard InChI is InChI=1S/C10H8F3NO/c1-7-2-3-8(4-5-14)9(6-7)15-10(11,12)13/h2-3,6H,4H2,1H3.